The van der Waals surface area contributed by atoms with Crippen LogP contribution in [0.1, 0.15) is 5.56 Å². The minimum Gasteiger partial charge on any atom is -0.477 e. The molecule has 1 amide bonds. The van der Waals surface area contributed by atoms with E-state index < -0.39 is 23.9 Å². The van der Waals surface area contributed by atoms with Crippen LogP contribution in [0.5, 0.6) is 0 Å². The summed E-state index contributed by atoms with van der Waals surface area (Å²) in [6.45, 7) is 0.198. The first-order valence-corrected chi connectivity index (χ1v) is 7.01. The summed E-state index contributed by atoms with van der Waals surface area (Å²) in [6.07, 6.45) is 0. The Morgan fingerprint density at radius 2 is 2.00 bits per heavy atom. The van der Waals surface area contributed by atoms with Crippen LogP contribution in [0.25, 0.3) is 0 Å². The topological polar surface area (TPSA) is 113 Å². The second kappa shape index (κ2) is 5.82. The van der Waals surface area contributed by atoms with Crippen LogP contribution in [0.4, 0.5) is 0 Å². The molecule has 0 aliphatic carbocycles. The number of carbonyl (C=O) groups is 3. The van der Waals surface area contributed by atoms with E-state index in [4.69, 9.17) is 10.5 Å². The van der Waals surface area contributed by atoms with Gasteiger partial charge in [0.25, 0.3) is 5.91 Å². The van der Waals surface area contributed by atoms with Crippen LogP contribution < -0.4 is 5.73 Å². The van der Waals surface area contributed by atoms with E-state index in [1.165, 1.54) is 5.01 Å². The van der Waals surface area contributed by atoms with Gasteiger partial charge >= 0.3 is 11.9 Å². The zero-order valence-electron chi connectivity index (χ0n) is 12.1. The molecule has 1 aromatic rings. The maximum Gasteiger partial charge on any atom is 0.354 e. The van der Waals surface area contributed by atoms with Crippen LogP contribution in [0.15, 0.2) is 41.6 Å². The molecular weight excluding hydrogens is 302 g/mol. The number of amides is 1. The fraction of sp³-hybridized carbons (Fsp3) is 0.267. The number of hydrogen-bond acceptors (Lipinski definition) is 6. The van der Waals surface area contributed by atoms with Crippen molar-refractivity contribution in [2.75, 3.05) is 13.1 Å². The monoisotopic (exact) mass is 317 g/mol. The zero-order chi connectivity index (χ0) is 16.6. The Morgan fingerprint density at radius 3 is 2.65 bits per heavy atom. The second-order valence-corrected chi connectivity index (χ2v) is 5.30. The van der Waals surface area contributed by atoms with Crippen molar-refractivity contribution in [3.05, 3.63) is 47.2 Å². The third-order valence-corrected chi connectivity index (χ3v) is 3.72. The first kappa shape index (κ1) is 15.2. The quantitative estimate of drug-likeness (QED) is 0.718. The lowest BCUT2D eigenvalue weighted by Crippen LogP contribution is -2.37. The van der Waals surface area contributed by atoms with Gasteiger partial charge in [-0.15, -0.1) is 0 Å². The molecule has 1 saturated heterocycles. The van der Waals surface area contributed by atoms with Crippen molar-refractivity contribution in [1.29, 1.82) is 0 Å². The molecule has 0 spiro atoms. The molecule has 2 aliphatic rings. The summed E-state index contributed by atoms with van der Waals surface area (Å²) in [4.78, 5) is 35.6. The van der Waals surface area contributed by atoms with Crippen molar-refractivity contribution < 1.29 is 24.2 Å². The predicted octanol–water partition coefficient (Wildman–Crippen LogP) is -0.531. The molecule has 3 rings (SSSR count). The number of nitrogens with zero attached hydrogens (tertiary/aromatic N) is 2. The van der Waals surface area contributed by atoms with E-state index in [2.05, 4.69) is 0 Å². The Morgan fingerprint density at radius 1 is 1.30 bits per heavy atom. The molecule has 1 aromatic carbocycles. The van der Waals surface area contributed by atoms with Crippen molar-refractivity contribution in [2.24, 2.45) is 5.73 Å². The first-order chi connectivity index (χ1) is 11.0. The number of carbonyl (C=O) groups excluding carboxylic acids is 2. The Balaban J connectivity index is 1.79. The smallest absolute Gasteiger partial charge is 0.354 e. The van der Waals surface area contributed by atoms with Crippen molar-refractivity contribution in [2.45, 2.75) is 12.6 Å². The van der Waals surface area contributed by atoms with Crippen LogP contribution in [0.2, 0.25) is 0 Å². The number of ether oxygens (including phenoxy) is 1. The maximum absolute atomic E-state index is 12.2. The van der Waals surface area contributed by atoms with Gasteiger partial charge in [-0.2, -0.15) is 0 Å². The van der Waals surface area contributed by atoms with E-state index in [-0.39, 0.29) is 31.0 Å². The largest absolute Gasteiger partial charge is 0.477 e. The molecule has 1 fully saturated rings. The van der Waals surface area contributed by atoms with Gasteiger partial charge in [0.2, 0.25) is 0 Å². The van der Waals surface area contributed by atoms with Gasteiger partial charge in [-0.25, -0.2) is 19.6 Å². The Kier molecular flexibility index (Phi) is 3.85. The van der Waals surface area contributed by atoms with Crippen molar-refractivity contribution >= 4 is 17.8 Å². The lowest BCUT2D eigenvalue weighted by atomic mass is 10.2. The number of aliphatic carboxylic acids is 1. The highest BCUT2D eigenvalue weighted by Crippen LogP contribution is 2.29. The fourth-order valence-corrected chi connectivity index (χ4v) is 2.65. The molecule has 0 saturated carbocycles. The van der Waals surface area contributed by atoms with Crippen molar-refractivity contribution in [3.8, 4) is 0 Å². The number of hydrazine groups is 1. The van der Waals surface area contributed by atoms with Gasteiger partial charge in [0, 0.05) is 6.54 Å². The van der Waals surface area contributed by atoms with Crippen LogP contribution in [-0.2, 0) is 25.7 Å². The van der Waals surface area contributed by atoms with E-state index in [9.17, 15) is 19.5 Å². The van der Waals surface area contributed by atoms with E-state index in [0.29, 0.717) is 0 Å². The summed E-state index contributed by atoms with van der Waals surface area (Å²) in [5, 5.41) is 11.7. The molecule has 0 bridgehead atoms. The normalized spacial score (nSPS) is 20.8. The van der Waals surface area contributed by atoms with E-state index in [1.807, 2.05) is 18.2 Å². The number of esters is 1. The van der Waals surface area contributed by atoms with Gasteiger partial charge in [-0.3, -0.25) is 4.79 Å². The minimum atomic E-state index is -1.36. The standard InChI is InChI=1S/C15H15N3O5/c16-11-7-17-6-10(12(14(20)21)18(17)13(11)19)15(22)23-8-9-4-2-1-3-5-9/h1-5,11H,6-8,16H2,(H,20,21). The van der Waals surface area contributed by atoms with Crippen molar-refractivity contribution in [1.82, 2.24) is 10.0 Å². The van der Waals surface area contributed by atoms with Crippen LogP contribution >= 0.6 is 0 Å². The van der Waals surface area contributed by atoms with Gasteiger partial charge in [0.1, 0.15) is 12.6 Å². The highest BCUT2D eigenvalue weighted by molar-refractivity contribution is 6.04. The molecule has 8 nitrogen and oxygen atoms in total. The van der Waals surface area contributed by atoms with Gasteiger partial charge in [-0.05, 0) is 5.56 Å². The average molecular weight is 317 g/mol. The van der Waals surface area contributed by atoms with Crippen LogP contribution in [-0.4, -0.2) is 52.1 Å². The molecule has 3 N–H and O–H groups in total. The predicted molar refractivity (Wildman–Crippen MR) is 77.3 cm³/mol. The average Bonchev–Trinajstić information content (AvgIpc) is 3.03. The third kappa shape index (κ3) is 2.69. The molecule has 23 heavy (non-hydrogen) atoms. The summed E-state index contributed by atoms with van der Waals surface area (Å²) in [7, 11) is 0. The highest BCUT2D eigenvalue weighted by atomic mass is 16.5. The SMILES string of the molecule is NC1CN2CC(C(=O)OCc3ccccc3)=C(C(=O)O)N2C1=O. The third-order valence-electron chi connectivity index (χ3n) is 3.72. The number of rotatable bonds is 4. The van der Waals surface area contributed by atoms with E-state index in [1.54, 1.807) is 12.1 Å². The highest BCUT2D eigenvalue weighted by Gasteiger charge is 2.48. The van der Waals surface area contributed by atoms with Crippen molar-refractivity contribution in [3.63, 3.8) is 0 Å². The Labute approximate surface area is 131 Å². The molecule has 8 heteroatoms. The van der Waals surface area contributed by atoms with Crippen LogP contribution in [0, 0.1) is 0 Å². The molecule has 0 aromatic heterocycles. The molecule has 0 radical (unpaired) electrons. The second-order valence-electron chi connectivity index (χ2n) is 5.30. The van der Waals surface area contributed by atoms with Gasteiger partial charge in [0.05, 0.1) is 12.1 Å². The van der Waals surface area contributed by atoms with E-state index in [0.717, 1.165) is 10.6 Å². The Hall–Kier alpha value is -2.71. The fourth-order valence-electron chi connectivity index (χ4n) is 2.65. The summed E-state index contributed by atoms with van der Waals surface area (Å²) in [5.41, 5.74) is 5.99. The molecular formula is C15H15N3O5. The number of fused-ring (bicyclic) bond motifs is 1. The number of benzene rings is 1. The number of carboxylic acids is 1. The maximum atomic E-state index is 12.2. The molecule has 1 unspecified atom stereocenters. The molecule has 1 atom stereocenters. The number of carboxylic acid groups (broad SMARTS) is 1. The minimum absolute atomic E-state index is 0.00526. The van der Waals surface area contributed by atoms with Gasteiger partial charge in [-0.1, -0.05) is 30.3 Å². The Bertz CT molecular complexity index is 700. The number of hydrogen-bond donors (Lipinski definition) is 2. The first-order valence-electron chi connectivity index (χ1n) is 7.01. The molecule has 2 heterocycles. The van der Waals surface area contributed by atoms with E-state index >= 15 is 0 Å². The zero-order valence-corrected chi connectivity index (χ0v) is 12.1. The molecule has 2 aliphatic heterocycles. The molecule has 120 valence electrons. The summed E-state index contributed by atoms with van der Waals surface area (Å²) in [6, 6.07) is 8.25. The van der Waals surface area contributed by atoms with Gasteiger partial charge in [0.15, 0.2) is 5.70 Å². The lowest BCUT2D eigenvalue weighted by Gasteiger charge is -2.18. The summed E-state index contributed by atoms with van der Waals surface area (Å²) >= 11 is 0. The van der Waals surface area contributed by atoms with Gasteiger partial charge < -0.3 is 15.6 Å². The van der Waals surface area contributed by atoms with Crippen LogP contribution in [0.3, 0.4) is 0 Å². The lowest BCUT2D eigenvalue weighted by molar-refractivity contribution is -0.143. The summed E-state index contributed by atoms with van der Waals surface area (Å²) in [5.74, 6) is -2.64. The summed E-state index contributed by atoms with van der Waals surface area (Å²) < 4.78 is 5.16. The number of nitrogens with two attached hydrogens (primary N) is 1.